The van der Waals surface area contributed by atoms with Crippen LogP contribution in [0.15, 0.2) is 97.2 Å². The summed E-state index contributed by atoms with van der Waals surface area (Å²) in [5.74, 6) is -2.00. The smallest absolute Gasteiger partial charge is 0.361 e. The molecule has 0 aromatic rings. The van der Waals surface area contributed by atoms with Crippen molar-refractivity contribution < 1.29 is 42.9 Å². The number of carbonyl (C=O) groups is 3. The molecule has 0 aliphatic heterocycles. The maximum Gasteiger partial charge on any atom is 0.361 e. The van der Waals surface area contributed by atoms with Crippen molar-refractivity contribution in [2.75, 3.05) is 47.5 Å². The fraction of sp³-hybridized carbons (Fsp3) is 0.729. The third-order valence-electron chi connectivity index (χ3n) is 13.8. The maximum atomic E-state index is 12.9. The SMILES string of the molecule is CC/C=C\C/C=C\C/C=C\C/C=C\CCCCCCCCCCCCCCCCCCC(=O)OC(COC(=O)CCCCCCCCCCCCCC/C=C\C/C=C\C/C=C\C/C=C\CC)COC(OCC[N+](C)(C)C)C(=O)O. The molecular formula is C70H122NO8+. The Balaban J connectivity index is 4.16. The molecular weight excluding hydrogens is 983 g/mol. The summed E-state index contributed by atoms with van der Waals surface area (Å²) in [6.07, 6.45) is 79.3. The van der Waals surface area contributed by atoms with E-state index in [1.807, 2.05) is 21.1 Å². The highest BCUT2D eigenvalue weighted by molar-refractivity contribution is 5.71. The highest BCUT2D eigenvalue weighted by atomic mass is 16.7. The van der Waals surface area contributed by atoms with E-state index in [2.05, 4.69) is 111 Å². The lowest BCUT2D eigenvalue weighted by Gasteiger charge is -2.25. The summed E-state index contributed by atoms with van der Waals surface area (Å²) in [6.45, 7) is 4.67. The Morgan fingerprint density at radius 3 is 1.01 bits per heavy atom. The molecule has 1 N–H and O–H groups in total. The number of quaternary nitrogens is 1. The highest BCUT2D eigenvalue weighted by Crippen LogP contribution is 2.17. The second-order valence-electron chi connectivity index (χ2n) is 22.7. The number of likely N-dealkylation sites (N-methyl/N-ethyl adjacent to an activating group) is 1. The molecule has 9 heteroatoms. The first-order valence-electron chi connectivity index (χ1n) is 32.4. The molecule has 0 rings (SSSR count). The maximum absolute atomic E-state index is 12.9. The van der Waals surface area contributed by atoms with E-state index in [4.69, 9.17) is 18.9 Å². The van der Waals surface area contributed by atoms with Gasteiger partial charge in [0.1, 0.15) is 13.2 Å². The van der Waals surface area contributed by atoms with Gasteiger partial charge in [-0.25, -0.2) is 4.79 Å². The van der Waals surface area contributed by atoms with Crippen LogP contribution in [-0.4, -0.2) is 87.4 Å². The van der Waals surface area contributed by atoms with Crippen LogP contribution in [0.25, 0.3) is 0 Å². The number of hydrogen-bond acceptors (Lipinski definition) is 7. The second-order valence-corrected chi connectivity index (χ2v) is 22.7. The Bertz CT molecular complexity index is 1620. The highest BCUT2D eigenvalue weighted by Gasteiger charge is 2.25. The quantitative estimate of drug-likeness (QED) is 0.0211. The van der Waals surface area contributed by atoms with Crippen LogP contribution in [0.3, 0.4) is 0 Å². The van der Waals surface area contributed by atoms with Crippen molar-refractivity contribution in [3.8, 4) is 0 Å². The van der Waals surface area contributed by atoms with Gasteiger partial charge in [0.05, 0.1) is 34.4 Å². The van der Waals surface area contributed by atoms with Crippen LogP contribution >= 0.6 is 0 Å². The summed E-state index contributed by atoms with van der Waals surface area (Å²) in [5.41, 5.74) is 0. The van der Waals surface area contributed by atoms with Crippen molar-refractivity contribution in [1.82, 2.24) is 0 Å². The van der Waals surface area contributed by atoms with E-state index in [1.54, 1.807) is 0 Å². The molecule has 0 aromatic heterocycles. The van der Waals surface area contributed by atoms with E-state index in [0.717, 1.165) is 89.9 Å². The van der Waals surface area contributed by atoms with Gasteiger partial charge < -0.3 is 28.5 Å². The first-order valence-corrected chi connectivity index (χ1v) is 32.4. The van der Waals surface area contributed by atoms with Crippen LogP contribution in [0.1, 0.15) is 271 Å². The molecule has 0 aromatic carbocycles. The van der Waals surface area contributed by atoms with E-state index in [-0.39, 0.29) is 32.2 Å². The number of hydrogen-bond donors (Lipinski definition) is 1. The van der Waals surface area contributed by atoms with Crippen LogP contribution in [0.5, 0.6) is 0 Å². The normalized spacial score (nSPS) is 13.4. The van der Waals surface area contributed by atoms with Gasteiger partial charge in [-0.3, -0.25) is 9.59 Å². The second kappa shape index (κ2) is 60.3. The van der Waals surface area contributed by atoms with Crippen molar-refractivity contribution >= 4 is 17.9 Å². The summed E-state index contributed by atoms with van der Waals surface area (Å²) >= 11 is 0. The Morgan fingerprint density at radius 2 is 0.684 bits per heavy atom. The van der Waals surface area contributed by atoms with Gasteiger partial charge in [-0.2, -0.15) is 0 Å². The first-order chi connectivity index (χ1) is 38.6. The van der Waals surface area contributed by atoms with Crippen molar-refractivity contribution in [3.05, 3.63) is 97.2 Å². The van der Waals surface area contributed by atoms with Gasteiger partial charge >= 0.3 is 17.9 Å². The summed E-state index contributed by atoms with van der Waals surface area (Å²) in [4.78, 5) is 37.6. The zero-order valence-electron chi connectivity index (χ0n) is 51.8. The van der Waals surface area contributed by atoms with Crippen molar-refractivity contribution in [3.63, 3.8) is 0 Å². The van der Waals surface area contributed by atoms with Crippen molar-refractivity contribution in [1.29, 1.82) is 0 Å². The van der Waals surface area contributed by atoms with Gasteiger partial charge in [0.15, 0.2) is 6.10 Å². The molecule has 0 bridgehead atoms. The molecule has 2 atom stereocenters. The molecule has 0 heterocycles. The predicted molar refractivity (Wildman–Crippen MR) is 336 cm³/mol. The van der Waals surface area contributed by atoms with Gasteiger partial charge in [0.2, 0.25) is 0 Å². The van der Waals surface area contributed by atoms with E-state index >= 15 is 0 Å². The predicted octanol–water partition coefficient (Wildman–Crippen LogP) is 19.7. The van der Waals surface area contributed by atoms with Gasteiger partial charge in [0, 0.05) is 12.8 Å². The summed E-state index contributed by atoms with van der Waals surface area (Å²) < 4.78 is 23.0. The molecule has 0 fully saturated rings. The Hall–Kier alpha value is -3.79. The number of rotatable bonds is 59. The Morgan fingerprint density at radius 1 is 0.380 bits per heavy atom. The topological polar surface area (TPSA) is 108 Å². The lowest BCUT2D eigenvalue weighted by molar-refractivity contribution is -0.870. The van der Waals surface area contributed by atoms with Gasteiger partial charge in [0.25, 0.3) is 6.29 Å². The fourth-order valence-corrected chi connectivity index (χ4v) is 8.94. The molecule has 0 saturated heterocycles. The number of nitrogens with zero attached hydrogens (tertiary/aromatic N) is 1. The number of ether oxygens (including phenoxy) is 4. The van der Waals surface area contributed by atoms with Crippen molar-refractivity contribution in [2.45, 2.75) is 283 Å². The standard InChI is InChI=1S/C70H121NO8/c1-6-8-10-12-14-16-18-20-22-24-26-28-30-32-33-34-35-37-39-41-43-45-47-49-51-53-55-57-59-61-68(73)79-66(65-78-70(69(74)75)76-63-62-71(3,4)5)64-77-67(72)60-58-56-54-52-50-48-46-44-42-40-38-36-31-29-27-25-23-21-19-17-15-13-11-9-7-2/h8-11,14-17,20-23,26-29,66,70H,6-7,12-13,18-19,24-25,30-65H2,1-5H3/p+1/b10-8-,11-9-,16-14-,17-15-,22-20-,23-21-,28-26-,29-27-. The molecule has 0 spiro atoms. The monoisotopic (exact) mass is 1100 g/mol. The molecule has 9 nitrogen and oxygen atoms in total. The van der Waals surface area contributed by atoms with Crippen LogP contribution < -0.4 is 0 Å². The van der Waals surface area contributed by atoms with Gasteiger partial charge in [-0.1, -0.05) is 265 Å². The Labute approximate surface area is 486 Å². The third kappa shape index (κ3) is 61.7. The number of allylic oxidation sites excluding steroid dienone is 16. The number of carboxylic acids is 1. The molecule has 79 heavy (non-hydrogen) atoms. The van der Waals surface area contributed by atoms with E-state index in [1.165, 1.54) is 154 Å². The number of carbonyl (C=O) groups excluding carboxylic acids is 2. The van der Waals surface area contributed by atoms with Crippen LogP contribution in [0.4, 0.5) is 0 Å². The first kappa shape index (κ1) is 75.2. The summed E-state index contributed by atoms with van der Waals surface area (Å²) in [6, 6.07) is 0. The zero-order chi connectivity index (χ0) is 57.6. The molecule has 0 aliphatic rings. The zero-order valence-corrected chi connectivity index (χ0v) is 51.8. The lowest BCUT2D eigenvalue weighted by Crippen LogP contribution is -2.40. The molecule has 0 saturated carbocycles. The largest absolute Gasteiger partial charge is 0.477 e. The molecule has 2 unspecified atom stereocenters. The van der Waals surface area contributed by atoms with Crippen LogP contribution in [-0.2, 0) is 33.3 Å². The molecule has 0 aliphatic carbocycles. The minimum atomic E-state index is -1.51. The lowest BCUT2D eigenvalue weighted by atomic mass is 10.0. The molecule has 454 valence electrons. The summed E-state index contributed by atoms with van der Waals surface area (Å²) in [7, 11) is 5.97. The minimum Gasteiger partial charge on any atom is -0.477 e. The minimum absolute atomic E-state index is 0.185. The molecule has 0 amide bonds. The van der Waals surface area contributed by atoms with Crippen LogP contribution in [0.2, 0.25) is 0 Å². The average Bonchev–Trinajstić information content (AvgIpc) is 3.42. The fourth-order valence-electron chi connectivity index (χ4n) is 8.94. The van der Waals surface area contributed by atoms with E-state index < -0.39 is 24.3 Å². The third-order valence-corrected chi connectivity index (χ3v) is 13.8. The van der Waals surface area contributed by atoms with Gasteiger partial charge in [-0.15, -0.1) is 0 Å². The Kier molecular flexibility index (Phi) is 57.4. The van der Waals surface area contributed by atoms with E-state index in [0.29, 0.717) is 17.4 Å². The number of unbranched alkanes of at least 4 members (excludes halogenated alkanes) is 28. The number of aliphatic carboxylic acids is 1. The van der Waals surface area contributed by atoms with Gasteiger partial charge in [-0.05, 0) is 89.9 Å². The van der Waals surface area contributed by atoms with E-state index in [9.17, 15) is 19.5 Å². The number of carboxylic acid groups (broad SMARTS) is 1. The molecule has 0 radical (unpaired) electrons. The number of esters is 2. The summed E-state index contributed by atoms with van der Waals surface area (Å²) in [5, 5.41) is 9.73. The van der Waals surface area contributed by atoms with Crippen LogP contribution in [0, 0.1) is 0 Å². The average molecular weight is 1110 g/mol. The van der Waals surface area contributed by atoms with Crippen molar-refractivity contribution in [2.24, 2.45) is 0 Å².